The van der Waals surface area contributed by atoms with Crippen LogP contribution >= 0.6 is 0 Å². The van der Waals surface area contributed by atoms with Gasteiger partial charge in [0.1, 0.15) is 36.0 Å². The Morgan fingerprint density at radius 1 is 1.25 bits per heavy atom. The lowest BCUT2D eigenvalue weighted by atomic mass is 10.0. The molecule has 164 valence electrons. The van der Waals surface area contributed by atoms with Crippen LogP contribution in [-0.2, 0) is 11.8 Å². The van der Waals surface area contributed by atoms with E-state index in [0.29, 0.717) is 28.1 Å². The van der Waals surface area contributed by atoms with Crippen molar-refractivity contribution in [2.24, 2.45) is 7.05 Å². The molecule has 2 bridgehead atoms. The van der Waals surface area contributed by atoms with E-state index in [1.165, 1.54) is 23.0 Å². The van der Waals surface area contributed by atoms with Gasteiger partial charge in [-0.2, -0.15) is 5.26 Å². The molecule has 4 heterocycles. The molecule has 9 nitrogen and oxygen atoms in total. The molecule has 1 aromatic carbocycles. The molecule has 0 radical (unpaired) electrons. The first-order chi connectivity index (χ1) is 15.4. The number of ether oxygens (including phenoxy) is 4. The second kappa shape index (κ2) is 7.39. The molecule has 10 heteroatoms. The second-order valence-electron chi connectivity index (χ2n) is 7.88. The van der Waals surface area contributed by atoms with Gasteiger partial charge in [0.25, 0.3) is 0 Å². The minimum absolute atomic E-state index is 0.114. The number of nitriles is 1. The van der Waals surface area contributed by atoms with Crippen LogP contribution in [0.25, 0.3) is 11.1 Å². The van der Waals surface area contributed by atoms with Gasteiger partial charge in [0.15, 0.2) is 17.2 Å². The van der Waals surface area contributed by atoms with Crippen molar-refractivity contribution in [1.29, 1.82) is 5.26 Å². The minimum Gasteiger partial charge on any atom is -0.482 e. The van der Waals surface area contributed by atoms with Gasteiger partial charge in [0, 0.05) is 24.4 Å². The summed E-state index contributed by atoms with van der Waals surface area (Å²) in [6.45, 7) is 2.45. The van der Waals surface area contributed by atoms with Crippen molar-refractivity contribution in [3.05, 3.63) is 47.5 Å². The summed E-state index contributed by atoms with van der Waals surface area (Å²) >= 11 is 0. The number of nitrogens with zero attached hydrogens (tertiary/aromatic N) is 4. The number of aryl methyl sites for hydroxylation is 1. The normalized spacial score (nSPS) is 18.8. The largest absolute Gasteiger partial charge is 0.482 e. The molecule has 5 rings (SSSR count). The first-order valence-corrected chi connectivity index (χ1v) is 9.98. The Morgan fingerprint density at radius 3 is 2.78 bits per heavy atom. The summed E-state index contributed by atoms with van der Waals surface area (Å²) in [4.78, 5) is 4.23. The summed E-state index contributed by atoms with van der Waals surface area (Å²) in [5, 5.41) is 14.1. The van der Waals surface area contributed by atoms with Gasteiger partial charge < -0.3 is 24.7 Å². The van der Waals surface area contributed by atoms with Crippen molar-refractivity contribution in [3.8, 4) is 34.6 Å². The van der Waals surface area contributed by atoms with E-state index < -0.39 is 17.5 Å². The van der Waals surface area contributed by atoms with Crippen molar-refractivity contribution in [2.45, 2.75) is 18.6 Å². The van der Waals surface area contributed by atoms with E-state index in [1.807, 2.05) is 0 Å². The molecule has 1 spiro atoms. The Bertz CT molecular complexity index is 1250. The predicted octanol–water partition coefficient (Wildman–Crippen LogP) is 2.76. The predicted molar refractivity (Wildman–Crippen MR) is 111 cm³/mol. The summed E-state index contributed by atoms with van der Waals surface area (Å²) in [5.41, 5.74) is 7.09. The molecular weight excluding hydrogens is 417 g/mol. The molecule has 2 aromatic heterocycles. The third kappa shape index (κ3) is 3.27. The van der Waals surface area contributed by atoms with Gasteiger partial charge in [-0.3, -0.25) is 4.68 Å². The molecule has 0 amide bonds. The van der Waals surface area contributed by atoms with E-state index in [4.69, 9.17) is 24.7 Å². The van der Waals surface area contributed by atoms with Crippen LogP contribution in [0.4, 0.5) is 10.2 Å². The van der Waals surface area contributed by atoms with Crippen molar-refractivity contribution in [1.82, 2.24) is 14.8 Å². The van der Waals surface area contributed by atoms with E-state index >= 15 is 0 Å². The SMILES string of the molecule is C[C@H]1Oc2cc(cnc2N)-c2c(nn(C)c2C#N)OCC2(COC2)Oc2ccc(F)cc21. The zero-order valence-corrected chi connectivity index (χ0v) is 17.5. The molecule has 3 aromatic rings. The number of aromatic nitrogens is 3. The number of nitrogens with two attached hydrogens (primary N) is 1. The quantitative estimate of drug-likeness (QED) is 0.571. The molecule has 1 saturated heterocycles. The van der Waals surface area contributed by atoms with Crippen LogP contribution in [0.5, 0.6) is 17.4 Å². The van der Waals surface area contributed by atoms with Crippen molar-refractivity contribution >= 4 is 5.82 Å². The van der Waals surface area contributed by atoms with Crippen molar-refractivity contribution in [3.63, 3.8) is 0 Å². The molecule has 2 aliphatic rings. The average Bonchev–Trinajstić information content (AvgIpc) is 3.07. The highest BCUT2D eigenvalue weighted by Crippen LogP contribution is 2.40. The number of benzene rings is 1. The van der Waals surface area contributed by atoms with E-state index in [9.17, 15) is 9.65 Å². The maximum atomic E-state index is 14.1. The minimum atomic E-state index is -0.794. The number of pyridine rings is 1. The average molecular weight is 437 g/mol. The smallest absolute Gasteiger partial charge is 0.242 e. The standard InChI is InChI=1S/C22H20FN5O4/c1-12-15-6-14(23)3-4-17(15)32-22(9-29-10-22)11-30-21-19(16(7-24)28(2)27-21)13-5-18(31-12)20(25)26-8-13/h3-6,8,12H,9-11H2,1-2H3,(H2,25,26)/t12-/m1/s1. The number of nitrogen functional groups attached to an aromatic ring is 1. The summed E-state index contributed by atoms with van der Waals surface area (Å²) in [6, 6.07) is 8.07. The van der Waals surface area contributed by atoms with Gasteiger partial charge in [0.2, 0.25) is 5.88 Å². The third-order valence-electron chi connectivity index (χ3n) is 5.53. The lowest BCUT2D eigenvalue weighted by molar-refractivity contribution is -0.177. The second-order valence-corrected chi connectivity index (χ2v) is 7.88. The number of hydrogen-bond donors (Lipinski definition) is 1. The monoisotopic (exact) mass is 437 g/mol. The van der Waals surface area contributed by atoms with Crippen molar-refractivity contribution in [2.75, 3.05) is 25.6 Å². The van der Waals surface area contributed by atoms with E-state index in [2.05, 4.69) is 16.2 Å². The van der Waals surface area contributed by atoms with Crippen LogP contribution < -0.4 is 19.9 Å². The van der Waals surface area contributed by atoms with Crippen LogP contribution in [0.2, 0.25) is 0 Å². The van der Waals surface area contributed by atoms with Gasteiger partial charge in [-0.25, -0.2) is 9.37 Å². The van der Waals surface area contributed by atoms with Crippen molar-refractivity contribution < 1.29 is 23.3 Å². The fourth-order valence-corrected chi connectivity index (χ4v) is 3.79. The molecule has 0 aliphatic carbocycles. The lowest BCUT2D eigenvalue weighted by Gasteiger charge is -2.41. The molecule has 1 fully saturated rings. The fraction of sp³-hybridized carbons (Fsp3) is 0.318. The number of rotatable bonds is 0. The van der Waals surface area contributed by atoms with Crippen LogP contribution in [0.15, 0.2) is 30.5 Å². The van der Waals surface area contributed by atoms with E-state index in [-0.39, 0.29) is 37.3 Å². The number of hydrogen-bond acceptors (Lipinski definition) is 8. The Balaban J connectivity index is 1.69. The molecule has 0 saturated carbocycles. The molecule has 1 atom stereocenters. The Morgan fingerprint density at radius 2 is 2.06 bits per heavy atom. The zero-order chi connectivity index (χ0) is 22.5. The maximum Gasteiger partial charge on any atom is 0.242 e. The Hall–Kier alpha value is -3.84. The first-order valence-electron chi connectivity index (χ1n) is 9.98. The Kier molecular flexibility index (Phi) is 4.64. The van der Waals surface area contributed by atoms with Crippen LogP contribution in [0.1, 0.15) is 24.3 Å². The highest BCUT2D eigenvalue weighted by molar-refractivity contribution is 5.75. The van der Waals surface area contributed by atoms with E-state index in [0.717, 1.165) is 0 Å². The topological polar surface area (TPSA) is 117 Å². The Labute approximate surface area is 183 Å². The lowest BCUT2D eigenvalue weighted by Crippen LogP contribution is -2.58. The summed E-state index contributed by atoms with van der Waals surface area (Å²) < 4.78 is 39.4. The third-order valence-corrected chi connectivity index (χ3v) is 5.53. The fourth-order valence-electron chi connectivity index (χ4n) is 3.79. The molecule has 32 heavy (non-hydrogen) atoms. The number of anilines is 1. The highest BCUT2D eigenvalue weighted by Gasteiger charge is 2.44. The molecule has 2 aliphatic heterocycles. The van der Waals surface area contributed by atoms with Gasteiger partial charge in [-0.15, -0.1) is 5.10 Å². The van der Waals surface area contributed by atoms with Crippen LogP contribution in [0, 0.1) is 17.1 Å². The van der Waals surface area contributed by atoms with E-state index in [1.54, 1.807) is 26.1 Å². The van der Waals surface area contributed by atoms with Gasteiger partial charge >= 0.3 is 0 Å². The zero-order valence-electron chi connectivity index (χ0n) is 17.5. The molecule has 0 unspecified atom stereocenters. The summed E-state index contributed by atoms with van der Waals surface area (Å²) in [5.74, 6) is 0.723. The maximum absolute atomic E-state index is 14.1. The van der Waals surface area contributed by atoms with Crippen LogP contribution in [0.3, 0.4) is 0 Å². The summed E-state index contributed by atoms with van der Waals surface area (Å²) in [6.07, 6.45) is 0.924. The summed E-state index contributed by atoms with van der Waals surface area (Å²) in [7, 11) is 1.66. The molecular formula is C22H20FN5O4. The molecule has 2 N–H and O–H groups in total. The number of halogens is 1. The highest BCUT2D eigenvalue weighted by atomic mass is 19.1. The number of fused-ring (bicyclic) bond motifs is 5. The van der Waals surface area contributed by atoms with Gasteiger partial charge in [0.05, 0.1) is 18.8 Å². The van der Waals surface area contributed by atoms with Gasteiger partial charge in [-0.05, 0) is 31.2 Å². The first kappa shape index (κ1) is 20.1. The van der Waals surface area contributed by atoms with Crippen LogP contribution in [-0.4, -0.2) is 40.2 Å². The van der Waals surface area contributed by atoms with Gasteiger partial charge in [-0.1, -0.05) is 0 Å².